The second-order valence-corrected chi connectivity index (χ2v) is 5.32. The second kappa shape index (κ2) is 6.86. The molecule has 5 nitrogen and oxygen atoms in total. The van der Waals surface area contributed by atoms with Crippen LogP contribution in [0.5, 0.6) is 0 Å². The van der Waals surface area contributed by atoms with E-state index in [0.29, 0.717) is 13.0 Å². The summed E-state index contributed by atoms with van der Waals surface area (Å²) in [6, 6.07) is -0.624. The number of likely N-dealkylation sites (N-methyl/N-ethyl adjacent to an activating group) is 1. The van der Waals surface area contributed by atoms with E-state index in [0.717, 1.165) is 5.75 Å². The zero-order chi connectivity index (χ0) is 13.6. The van der Waals surface area contributed by atoms with Gasteiger partial charge in [-0.3, -0.25) is 4.79 Å². The fraction of sp³-hybridized carbons (Fsp3) is 0.818. The maximum absolute atomic E-state index is 12.1. The van der Waals surface area contributed by atoms with Gasteiger partial charge in [-0.15, -0.1) is 0 Å². The van der Waals surface area contributed by atoms with Crippen molar-refractivity contribution < 1.29 is 14.7 Å². The summed E-state index contributed by atoms with van der Waals surface area (Å²) in [5.41, 5.74) is 4.56. The normalized spacial score (nSPS) is 13.2. The van der Waals surface area contributed by atoms with Crippen molar-refractivity contribution in [2.75, 3.05) is 18.6 Å². The topological polar surface area (TPSA) is 83.6 Å². The van der Waals surface area contributed by atoms with Crippen LogP contribution in [-0.2, 0) is 9.59 Å². The lowest BCUT2D eigenvalue weighted by Crippen LogP contribution is -2.57. The molecule has 0 spiro atoms. The molecule has 17 heavy (non-hydrogen) atoms. The number of rotatable bonds is 7. The Morgan fingerprint density at radius 2 is 2.00 bits per heavy atom. The number of aliphatic carboxylic acids is 1. The third kappa shape index (κ3) is 4.20. The SMILES string of the molecule is CCN(C(=O)[C@@H](N)CCSC)C(C)(C)C(=O)O. The molecule has 0 unspecified atom stereocenters. The Hall–Kier alpha value is -0.750. The van der Waals surface area contributed by atoms with Crippen LogP contribution in [0.4, 0.5) is 0 Å². The number of carboxylic acid groups (broad SMARTS) is 1. The molecule has 6 heteroatoms. The molecule has 0 saturated heterocycles. The largest absolute Gasteiger partial charge is 0.480 e. The number of hydrogen-bond acceptors (Lipinski definition) is 4. The molecule has 0 saturated carbocycles. The van der Waals surface area contributed by atoms with Crippen LogP contribution < -0.4 is 5.73 Å². The van der Waals surface area contributed by atoms with Crippen molar-refractivity contribution in [2.24, 2.45) is 5.73 Å². The van der Waals surface area contributed by atoms with Gasteiger partial charge in [-0.05, 0) is 39.2 Å². The van der Waals surface area contributed by atoms with Gasteiger partial charge in [0.1, 0.15) is 5.54 Å². The molecule has 0 heterocycles. The third-order valence-electron chi connectivity index (χ3n) is 2.73. The number of thioether (sulfide) groups is 1. The highest BCUT2D eigenvalue weighted by Crippen LogP contribution is 2.16. The predicted molar refractivity (Wildman–Crippen MR) is 70.1 cm³/mol. The van der Waals surface area contributed by atoms with E-state index in [1.807, 2.05) is 6.26 Å². The fourth-order valence-corrected chi connectivity index (χ4v) is 2.00. The van der Waals surface area contributed by atoms with E-state index in [9.17, 15) is 9.59 Å². The molecule has 0 aliphatic rings. The highest BCUT2D eigenvalue weighted by molar-refractivity contribution is 7.98. The standard InChI is InChI=1S/C11H22N2O3S/c1-5-13(11(2,3)10(15)16)9(14)8(12)6-7-17-4/h8H,5-7,12H2,1-4H3,(H,15,16)/t8-/m0/s1. The molecule has 100 valence electrons. The highest BCUT2D eigenvalue weighted by atomic mass is 32.2. The summed E-state index contributed by atoms with van der Waals surface area (Å²) in [6.45, 7) is 5.12. The zero-order valence-electron chi connectivity index (χ0n) is 10.9. The number of carboxylic acids is 1. The van der Waals surface area contributed by atoms with Crippen LogP contribution in [0.25, 0.3) is 0 Å². The highest BCUT2D eigenvalue weighted by Gasteiger charge is 2.38. The fourth-order valence-electron chi connectivity index (χ4n) is 1.51. The summed E-state index contributed by atoms with van der Waals surface area (Å²) in [5.74, 6) is -0.531. The first-order valence-electron chi connectivity index (χ1n) is 5.58. The van der Waals surface area contributed by atoms with Gasteiger partial charge in [0.25, 0.3) is 0 Å². The van der Waals surface area contributed by atoms with Gasteiger partial charge in [0.15, 0.2) is 0 Å². The molecule has 0 radical (unpaired) electrons. The van der Waals surface area contributed by atoms with E-state index in [-0.39, 0.29) is 5.91 Å². The first-order valence-corrected chi connectivity index (χ1v) is 6.97. The van der Waals surface area contributed by atoms with E-state index in [1.54, 1.807) is 18.7 Å². The molecular weight excluding hydrogens is 240 g/mol. The Balaban J connectivity index is 4.77. The van der Waals surface area contributed by atoms with Crippen LogP contribution in [0.2, 0.25) is 0 Å². The van der Waals surface area contributed by atoms with Gasteiger partial charge < -0.3 is 15.7 Å². The van der Waals surface area contributed by atoms with Gasteiger partial charge in [-0.2, -0.15) is 11.8 Å². The lowest BCUT2D eigenvalue weighted by molar-refractivity contribution is -0.157. The quantitative estimate of drug-likeness (QED) is 0.708. The summed E-state index contributed by atoms with van der Waals surface area (Å²) in [4.78, 5) is 24.5. The van der Waals surface area contributed by atoms with Crippen molar-refractivity contribution in [1.82, 2.24) is 4.90 Å². The van der Waals surface area contributed by atoms with Crippen LogP contribution in [0.1, 0.15) is 27.2 Å². The van der Waals surface area contributed by atoms with Crippen LogP contribution >= 0.6 is 11.8 Å². The zero-order valence-corrected chi connectivity index (χ0v) is 11.7. The van der Waals surface area contributed by atoms with Crippen molar-refractivity contribution in [1.29, 1.82) is 0 Å². The number of carbonyl (C=O) groups excluding carboxylic acids is 1. The summed E-state index contributed by atoms with van der Waals surface area (Å²) >= 11 is 1.61. The molecular formula is C11H22N2O3S. The molecule has 0 rings (SSSR count). The van der Waals surface area contributed by atoms with E-state index in [1.165, 1.54) is 18.7 Å². The minimum atomic E-state index is -1.22. The van der Waals surface area contributed by atoms with Crippen LogP contribution in [0.3, 0.4) is 0 Å². The van der Waals surface area contributed by atoms with Crippen LogP contribution in [0.15, 0.2) is 0 Å². The summed E-state index contributed by atoms with van der Waals surface area (Å²) in [6.07, 6.45) is 2.50. The summed E-state index contributed by atoms with van der Waals surface area (Å²) in [5, 5.41) is 9.11. The number of hydrogen-bond donors (Lipinski definition) is 2. The average molecular weight is 262 g/mol. The number of amides is 1. The molecule has 0 aromatic rings. The van der Waals surface area contributed by atoms with Crippen molar-refractivity contribution in [3.63, 3.8) is 0 Å². The maximum atomic E-state index is 12.1. The van der Waals surface area contributed by atoms with E-state index >= 15 is 0 Å². The Morgan fingerprint density at radius 3 is 2.35 bits per heavy atom. The van der Waals surface area contributed by atoms with Gasteiger partial charge in [0.05, 0.1) is 6.04 Å². The van der Waals surface area contributed by atoms with Gasteiger partial charge >= 0.3 is 5.97 Å². The Morgan fingerprint density at radius 1 is 1.47 bits per heavy atom. The van der Waals surface area contributed by atoms with Gasteiger partial charge in [-0.25, -0.2) is 4.79 Å². The molecule has 1 atom stereocenters. The van der Waals surface area contributed by atoms with Gasteiger partial charge in [0.2, 0.25) is 5.91 Å². The Labute approximate surface area is 107 Å². The average Bonchev–Trinajstić information content (AvgIpc) is 2.25. The predicted octanol–water partition coefficient (Wildman–Crippen LogP) is 0.778. The monoisotopic (exact) mass is 262 g/mol. The minimum Gasteiger partial charge on any atom is -0.480 e. The van der Waals surface area contributed by atoms with Crippen molar-refractivity contribution in [3.8, 4) is 0 Å². The van der Waals surface area contributed by atoms with Crippen molar-refractivity contribution in [2.45, 2.75) is 38.8 Å². The summed E-state index contributed by atoms with van der Waals surface area (Å²) in [7, 11) is 0. The second-order valence-electron chi connectivity index (χ2n) is 4.33. The molecule has 0 fully saturated rings. The molecule has 0 aromatic heterocycles. The van der Waals surface area contributed by atoms with Crippen molar-refractivity contribution >= 4 is 23.6 Å². The molecule has 0 aromatic carbocycles. The van der Waals surface area contributed by atoms with Crippen LogP contribution in [-0.4, -0.2) is 52.0 Å². The van der Waals surface area contributed by atoms with E-state index in [2.05, 4.69) is 0 Å². The van der Waals surface area contributed by atoms with Gasteiger partial charge in [-0.1, -0.05) is 0 Å². The molecule has 1 amide bonds. The lowest BCUT2D eigenvalue weighted by atomic mass is 10.0. The van der Waals surface area contributed by atoms with Crippen LogP contribution in [0, 0.1) is 0 Å². The molecule has 3 N–H and O–H groups in total. The van der Waals surface area contributed by atoms with Crippen molar-refractivity contribution in [3.05, 3.63) is 0 Å². The molecule has 0 aliphatic heterocycles. The minimum absolute atomic E-state index is 0.297. The molecule has 0 aliphatic carbocycles. The first kappa shape index (κ1) is 16.2. The van der Waals surface area contributed by atoms with E-state index in [4.69, 9.17) is 10.8 Å². The third-order valence-corrected chi connectivity index (χ3v) is 3.37. The Bertz CT molecular complexity index is 282. The first-order chi connectivity index (χ1) is 7.78. The van der Waals surface area contributed by atoms with Gasteiger partial charge in [0, 0.05) is 6.54 Å². The number of carbonyl (C=O) groups is 2. The maximum Gasteiger partial charge on any atom is 0.329 e. The smallest absolute Gasteiger partial charge is 0.329 e. The number of nitrogens with two attached hydrogens (primary N) is 1. The summed E-state index contributed by atoms with van der Waals surface area (Å²) < 4.78 is 0. The van der Waals surface area contributed by atoms with E-state index < -0.39 is 17.6 Å². The number of nitrogens with zero attached hydrogens (tertiary/aromatic N) is 1. The molecule has 0 bridgehead atoms. The lowest BCUT2D eigenvalue weighted by Gasteiger charge is -2.35. The Kier molecular flexibility index (Phi) is 6.56.